The highest BCUT2D eigenvalue weighted by Gasteiger charge is 2.07. The summed E-state index contributed by atoms with van der Waals surface area (Å²) in [6, 6.07) is 10.3. The molecule has 0 saturated carbocycles. The fourth-order valence-electron chi connectivity index (χ4n) is 2.58. The number of nitrogens with zero attached hydrogens (tertiary/aromatic N) is 5. The minimum Gasteiger partial charge on any atom is -0.353 e. The third-order valence-corrected chi connectivity index (χ3v) is 3.71. The Kier molecular flexibility index (Phi) is 3.19. The van der Waals surface area contributed by atoms with Gasteiger partial charge in [-0.3, -0.25) is 4.68 Å². The van der Waals surface area contributed by atoms with Gasteiger partial charge in [0, 0.05) is 36.4 Å². The van der Waals surface area contributed by atoms with Gasteiger partial charge in [0.15, 0.2) is 0 Å². The van der Waals surface area contributed by atoms with Crippen molar-refractivity contribution in [3.63, 3.8) is 0 Å². The van der Waals surface area contributed by atoms with Crippen molar-refractivity contribution in [1.82, 2.24) is 29.5 Å². The molecule has 110 valence electrons. The summed E-state index contributed by atoms with van der Waals surface area (Å²) in [5.74, 6) is 0. The van der Waals surface area contributed by atoms with E-state index in [9.17, 15) is 0 Å². The average molecular weight is 292 g/mol. The molecule has 0 unspecified atom stereocenters. The Morgan fingerprint density at radius 2 is 2.09 bits per heavy atom. The predicted octanol–water partition coefficient (Wildman–Crippen LogP) is 2.71. The van der Waals surface area contributed by atoms with Gasteiger partial charge in [-0.2, -0.15) is 0 Å². The highest BCUT2D eigenvalue weighted by molar-refractivity contribution is 5.84. The molecule has 22 heavy (non-hydrogen) atoms. The zero-order valence-corrected chi connectivity index (χ0v) is 12.1. The fourth-order valence-corrected chi connectivity index (χ4v) is 2.58. The number of nitrogens with one attached hydrogen (secondary N) is 1. The molecule has 4 aromatic rings. The number of rotatable bonds is 5. The molecule has 0 radical (unpaired) electrons. The van der Waals surface area contributed by atoms with Crippen molar-refractivity contribution in [2.45, 2.75) is 19.5 Å². The Balaban J connectivity index is 1.46. The van der Waals surface area contributed by atoms with Gasteiger partial charge in [0.2, 0.25) is 0 Å². The Morgan fingerprint density at radius 3 is 2.95 bits per heavy atom. The molecule has 3 heterocycles. The monoisotopic (exact) mass is 292 g/mol. The van der Waals surface area contributed by atoms with Crippen LogP contribution >= 0.6 is 0 Å². The van der Waals surface area contributed by atoms with Crippen LogP contribution in [0.3, 0.4) is 0 Å². The molecular formula is C16H16N6. The Morgan fingerprint density at radius 1 is 1.14 bits per heavy atom. The fraction of sp³-hybridized carbons (Fsp3) is 0.188. The van der Waals surface area contributed by atoms with E-state index in [0.717, 1.165) is 36.4 Å². The van der Waals surface area contributed by atoms with Gasteiger partial charge in [0.1, 0.15) is 5.69 Å². The number of aromatic amines is 1. The number of aryl methyl sites for hydroxylation is 2. The zero-order chi connectivity index (χ0) is 14.8. The van der Waals surface area contributed by atoms with E-state index < -0.39 is 0 Å². The molecule has 0 aliphatic carbocycles. The largest absolute Gasteiger partial charge is 0.353 e. The maximum absolute atomic E-state index is 4.26. The van der Waals surface area contributed by atoms with Crippen LogP contribution in [-0.2, 0) is 13.1 Å². The summed E-state index contributed by atoms with van der Waals surface area (Å²) >= 11 is 0. The highest BCUT2D eigenvalue weighted by Crippen LogP contribution is 2.21. The first-order chi connectivity index (χ1) is 10.9. The van der Waals surface area contributed by atoms with Crippen molar-refractivity contribution in [3.05, 3.63) is 55.2 Å². The lowest BCUT2D eigenvalue weighted by Crippen LogP contribution is -2.03. The van der Waals surface area contributed by atoms with E-state index in [2.05, 4.69) is 43.0 Å². The van der Waals surface area contributed by atoms with Crippen LogP contribution in [0.2, 0.25) is 0 Å². The molecule has 0 spiro atoms. The molecule has 4 rings (SSSR count). The quantitative estimate of drug-likeness (QED) is 0.615. The summed E-state index contributed by atoms with van der Waals surface area (Å²) in [5.41, 5.74) is 2.99. The topological polar surface area (TPSA) is 64.3 Å². The third-order valence-electron chi connectivity index (χ3n) is 3.71. The summed E-state index contributed by atoms with van der Waals surface area (Å²) in [7, 11) is 0. The molecule has 6 nitrogen and oxygen atoms in total. The van der Waals surface area contributed by atoms with E-state index in [-0.39, 0.29) is 0 Å². The minimum atomic E-state index is 0.839. The van der Waals surface area contributed by atoms with Gasteiger partial charge in [-0.25, -0.2) is 4.98 Å². The van der Waals surface area contributed by atoms with Gasteiger partial charge in [-0.05, 0) is 18.6 Å². The number of H-pyrrole nitrogens is 1. The second-order valence-electron chi connectivity index (χ2n) is 5.29. The molecule has 0 saturated heterocycles. The third kappa shape index (κ3) is 2.50. The average Bonchev–Trinajstić information content (AvgIpc) is 3.27. The first-order valence-corrected chi connectivity index (χ1v) is 7.32. The van der Waals surface area contributed by atoms with Gasteiger partial charge in [-0.15, -0.1) is 5.10 Å². The molecule has 3 aromatic heterocycles. The normalized spacial score (nSPS) is 11.3. The molecule has 0 fully saturated rings. The smallest absolute Gasteiger partial charge is 0.129 e. The SMILES string of the molecule is c1ccc2[nH]c(-c3cn(CCCn4ccnc4)nn3)cc2c1. The van der Waals surface area contributed by atoms with E-state index in [1.54, 1.807) is 6.20 Å². The van der Waals surface area contributed by atoms with E-state index >= 15 is 0 Å². The number of benzene rings is 1. The lowest BCUT2D eigenvalue weighted by atomic mass is 10.2. The van der Waals surface area contributed by atoms with Crippen molar-refractivity contribution in [2.75, 3.05) is 0 Å². The summed E-state index contributed by atoms with van der Waals surface area (Å²) in [6.07, 6.45) is 8.57. The first kappa shape index (κ1) is 12.8. The lowest BCUT2D eigenvalue weighted by Gasteiger charge is -2.01. The van der Waals surface area contributed by atoms with Gasteiger partial charge >= 0.3 is 0 Å². The molecule has 1 N–H and O–H groups in total. The minimum absolute atomic E-state index is 0.839. The summed E-state index contributed by atoms with van der Waals surface area (Å²) in [4.78, 5) is 7.41. The Hall–Kier alpha value is -2.89. The second kappa shape index (κ2) is 5.48. The summed E-state index contributed by atoms with van der Waals surface area (Å²) in [6.45, 7) is 1.77. The standard InChI is InChI=1S/C16H16N6/c1-2-5-14-13(4-1)10-15(18-14)16-11-22(20-19-16)8-3-7-21-9-6-17-12-21/h1-2,4-6,9-12,18H,3,7-8H2. The number of imidazole rings is 1. The number of fused-ring (bicyclic) bond motifs is 1. The number of hydrogen-bond acceptors (Lipinski definition) is 3. The lowest BCUT2D eigenvalue weighted by molar-refractivity contribution is 0.514. The van der Waals surface area contributed by atoms with Gasteiger partial charge < -0.3 is 9.55 Å². The number of hydrogen-bond donors (Lipinski definition) is 1. The van der Waals surface area contributed by atoms with E-state index in [1.165, 1.54) is 5.39 Å². The molecule has 0 atom stereocenters. The Labute approximate surface area is 127 Å². The number of para-hydroxylation sites is 1. The van der Waals surface area contributed by atoms with Gasteiger partial charge in [-0.1, -0.05) is 23.4 Å². The van der Waals surface area contributed by atoms with Crippen LogP contribution in [0.5, 0.6) is 0 Å². The van der Waals surface area contributed by atoms with Crippen molar-refractivity contribution >= 4 is 10.9 Å². The maximum Gasteiger partial charge on any atom is 0.129 e. The van der Waals surface area contributed by atoms with Crippen molar-refractivity contribution in [3.8, 4) is 11.4 Å². The summed E-state index contributed by atoms with van der Waals surface area (Å²) < 4.78 is 3.95. The van der Waals surface area contributed by atoms with Crippen LogP contribution in [0, 0.1) is 0 Å². The van der Waals surface area contributed by atoms with Crippen molar-refractivity contribution in [1.29, 1.82) is 0 Å². The summed E-state index contributed by atoms with van der Waals surface area (Å²) in [5, 5.41) is 9.65. The van der Waals surface area contributed by atoms with Crippen LogP contribution in [0.15, 0.2) is 55.2 Å². The van der Waals surface area contributed by atoms with Gasteiger partial charge in [0.05, 0.1) is 18.2 Å². The zero-order valence-electron chi connectivity index (χ0n) is 12.1. The molecule has 0 aliphatic heterocycles. The maximum atomic E-state index is 4.26. The molecular weight excluding hydrogens is 276 g/mol. The molecule has 1 aromatic carbocycles. The van der Waals surface area contributed by atoms with Crippen LogP contribution in [0.1, 0.15) is 6.42 Å². The predicted molar refractivity (Wildman–Crippen MR) is 84.2 cm³/mol. The molecule has 0 aliphatic rings. The first-order valence-electron chi connectivity index (χ1n) is 7.32. The van der Waals surface area contributed by atoms with Gasteiger partial charge in [0.25, 0.3) is 0 Å². The van der Waals surface area contributed by atoms with Crippen LogP contribution < -0.4 is 0 Å². The molecule has 0 amide bonds. The molecule has 0 bridgehead atoms. The highest BCUT2D eigenvalue weighted by atomic mass is 15.4. The van der Waals surface area contributed by atoms with Crippen molar-refractivity contribution < 1.29 is 0 Å². The van der Waals surface area contributed by atoms with Crippen LogP contribution in [-0.4, -0.2) is 29.5 Å². The Bertz CT molecular complexity index is 838. The van der Waals surface area contributed by atoms with E-state index in [4.69, 9.17) is 0 Å². The van der Waals surface area contributed by atoms with E-state index in [1.807, 2.05) is 35.5 Å². The second-order valence-corrected chi connectivity index (χ2v) is 5.29. The molecule has 6 heteroatoms. The van der Waals surface area contributed by atoms with Crippen LogP contribution in [0.4, 0.5) is 0 Å². The van der Waals surface area contributed by atoms with E-state index in [0.29, 0.717) is 0 Å². The van der Waals surface area contributed by atoms with Crippen LogP contribution in [0.25, 0.3) is 22.3 Å². The van der Waals surface area contributed by atoms with Crippen molar-refractivity contribution in [2.24, 2.45) is 0 Å². The number of aromatic nitrogens is 6.